The second-order valence-electron chi connectivity index (χ2n) is 7.53. The normalized spacial score (nSPS) is 12.0. The van der Waals surface area contributed by atoms with E-state index in [1.807, 2.05) is 38.0 Å². The van der Waals surface area contributed by atoms with Crippen molar-refractivity contribution < 1.29 is 32.9 Å². The van der Waals surface area contributed by atoms with Gasteiger partial charge in [-0.2, -0.15) is 14.0 Å². The van der Waals surface area contributed by atoms with E-state index in [-0.39, 0.29) is 0 Å². The Balaban J connectivity index is 2.30. The number of anilines is 2. The summed E-state index contributed by atoms with van der Waals surface area (Å²) in [7, 11) is 2.66. The van der Waals surface area contributed by atoms with Crippen LogP contribution in [0, 0.1) is 16.1 Å². The van der Waals surface area contributed by atoms with Crippen LogP contribution in [0.4, 0.5) is 15.8 Å². The Kier molecular flexibility index (Phi) is 6.54. The molecule has 8 heteroatoms. The second kappa shape index (κ2) is 8.82. The average Bonchev–Trinajstić information content (AvgIpc) is 2.72. The van der Waals surface area contributed by atoms with E-state index in [1.54, 1.807) is 48.5 Å². The first-order valence-electron chi connectivity index (χ1n) is 9.46. The van der Waals surface area contributed by atoms with Crippen LogP contribution in [-0.4, -0.2) is 28.2 Å². The van der Waals surface area contributed by atoms with Crippen molar-refractivity contribution in [2.24, 2.45) is 0 Å². The summed E-state index contributed by atoms with van der Waals surface area (Å²) in [5.74, 6) is -0.494. The summed E-state index contributed by atoms with van der Waals surface area (Å²) in [6, 6.07) is 19.2. The molecule has 0 N–H and O–H groups in total. The lowest BCUT2D eigenvalue weighted by molar-refractivity contribution is -1.92. The fraction of sp³-hybridized carbons (Fsp3) is 0.217. The van der Waals surface area contributed by atoms with E-state index in [0.717, 1.165) is 11.4 Å². The molecule has 0 aliphatic rings. The number of hydrogen-bond donors (Lipinski definition) is 0. The zero-order valence-corrected chi connectivity index (χ0v) is 18.5. The van der Waals surface area contributed by atoms with Crippen molar-refractivity contribution in [2.45, 2.75) is 5.60 Å². The Labute approximate surface area is 183 Å². The molecule has 0 saturated carbocycles. The van der Waals surface area contributed by atoms with Crippen LogP contribution in [0.5, 0.6) is 0 Å². The molecule has 0 saturated heterocycles. The highest BCUT2D eigenvalue weighted by Crippen LogP contribution is 2.43. The maximum atomic E-state index is 13.7. The zero-order chi connectivity index (χ0) is 22.8. The molecule has 3 rings (SSSR count). The van der Waals surface area contributed by atoms with Crippen molar-refractivity contribution in [1.29, 1.82) is 0 Å². The first kappa shape index (κ1) is 23.0. The van der Waals surface area contributed by atoms with Crippen LogP contribution in [-0.2, 0) is 9.89 Å². The molecular formula is C23H24ClFN2O4. The smallest absolute Gasteiger partial charge is 0.298 e. The van der Waals surface area contributed by atoms with Gasteiger partial charge < -0.3 is 9.80 Å². The highest BCUT2D eigenvalue weighted by molar-refractivity contribution is 5.55. The fourth-order valence-electron chi connectivity index (χ4n) is 3.45. The maximum Gasteiger partial charge on any atom is 0.298 e. The molecule has 0 amide bonds. The Morgan fingerprint density at radius 1 is 0.645 bits per heavy atom. The number of halogens is 2. The summed E-state index contributed by atoms with van der Waals surface area (Å²) in [4.78, 5) is 3.78. The Hall–Kier alpha value is -2.68. The summed E-state index contributed by atoms with van der Waals surface area (Å²) < 4.78 is 54.6. The highest BCUT2D eigenvalue weighted by atomic mass is 35.7. The molecule has 31 heavy (non-hydrogen) atoms. The van der Waals surface area contributed by atoms with Gasteiger partial charge in [0, 0.05) is 56.3 Å². The zero-order valence-electron chi connectivity index (χ0n) is 17.7. The molecule has 0 heterocycles. The van der Waals surface area contributed by atoms with E-state index in [2.05, 4.69) is 0 Å². The molecule has 0 bridgehead atoms. The first-order valence-corrected chi connectivity index (χ1v) is 10.7. The summed E-state index contributed by atoms with van der Waals surface area (Å²) in [5, 5.41) is 0. The summed E-state index contributed by atoms with van der Waals surface area (Å²) in [6.45, 7) is 0. The van der Waals surface area contributed by atoms with Crippen molar-refractivity contribution in [1.82, 2.24) is 0 Å². The lowest BCUT2D eigenvalue weighted by Crippen LogP contribution is -2.64. The highest BCUT2D eigenvalue weighted by Gasteiger charge is 2.51. The molecule has 3 aromatic rings. The standard InChI is InChI=1S/C23H24ClFN2O4/c1-26(2)21-13-7-18(8-14-21)23(31-24(28,29)30,17-5-11-20(25)12-6-17)19-9-15-22(16-10-19)27(3)4/h5-16H,1-4H3. The largest absolute Gasteiger partial charge is 0.378 e. The van der Waals surface area contributed by atoms with E-state index in [4.69, 9.17) is 4.29 Å². The van der Waals surface area contributed by atoms with Crippen LogP contribution in [0.1, 0.15) is 16.7 Å². The average molecular weight is 447 g/mol. The fourth-order valence-corrected chi connectivity index (χ4v) is 4.00. The maximum absolute atomic E-state index is 13.7. The lowest BCUT2D eigenvalue weighted by atomic mass is 9.80. The van der Waals surface area contributed by atoms with Gasteiger partial charge in [0.05, 0.1) is 14.5 Å². The van der Waals surface area contributed by atoms with Gasteiger partial charge in [0.25, 0.3) is 5.60 Å². The molecule has 0 aliphatic heterocycles. The molecule has 0 fully saturated rings. The topological polar surface area (TPSA) is 84.9 Å². The van der Waals surface area contributed by atoms with Crippen LogP contribution in [0.2, 0.25) is 0 Å². The third-order valence-electron chi connectivity index (χ3n) is 5.04. The van der Waals surface area contributed by atoms with Crippen molar-refractivity contribution in [3.8, 4) is 0 Å². The van der Waals surface area contributed by atoms with E-state index in [0.29, 0.717) is 16.7 Å². The molecule has 164 valence electrons. The van der Waals surface area contributed by atoms with E-state index >= 15 is 0 Å². The van der Waals surface area contributed by atoms with Gasteiger partial charge in [-0.15, -0.1) is 0 Å². The molecule has 0 atom stereocenters. The molecule has 0 aromatic heterocycles. The van der Waals surface area contributed by atoms with Crippen molar-refractivity contribution in [3.05, 3.63) is 95.3 Å². The SMILES string of the molecule is CN(C)c1ccc(C(O[Cl+3]([O-])([O-])[O-])(c2ccc(F)cc2)c2ccc(N(C)C)cc2)cc1. The predicted octanol–water partition coefficient (Wildman–Crippen LogP) is 1.16. The monoisotopic (exact) mass is 446 g/mol. The van der Waals surface area contributed by atoms with Gasteiger partial charge in [-0.05, 0) is 36.4 Å². The van der Waals surface area contributed by atoms with Crippen LogP contribution < -0.4 is 23.8 Å². The van der Waals surface area contributed by atoms with Gasteiger partial charge in [0.2, 0.25) is 0 Å². The molecular weight excluding hydrogens is 423 g/mol. The van der Waals surface area contributed by atoms with Gasteiger partial charge in [0.1, 0.15) is 5.82 Å². The van der Waals surface area contributed by atoms with Crippen LogP contribution >= 0.6 is 0 Å². The number of rotatable bonds is 7. The van der Waals surface area contributed by atoms with Crippen molar-refractivity contribution >= 4 is 11.4 Å². The molecule has 6 nitrogen and oxygen atoms in total. The van der Waals surface area contributed by atoms with Crippen molar-refractivity contribution in [2.75, 3.05) is 38.0 Å². The van der Waals surface area contributed by atoms with Gasteiger partial charge in [-0.3, -0.25) is 0 Å². The molecule has 3 aromatic carbocycles. The van der Waals surface area contributed by atoms with E-state index in [9.17, 15) is 18.4 Å². The number of nitrogens with zero attached hydrogens (tertiary/aromatic N) is 2. The number of hydrogen-bond acceptors (Lipinski definition) is 6. The Bertz CT molecular complexity index is 950. The predicted molar refractivity (Wildman–Crippen MR) is 109 cm³/mol. The molecule has 0 radical (unpaired) electrons. The summed E-state index contributed by atoms with van der Waals surface area (Å²) in [6.07, 6.45) is 0. The van der Waals surface area contributed by atoms with Gasteiger partial charge >= 0.3 is 0 Å². The minimum absolute atomic E-state index is 0.302. The summed E-state index contributed by atoms with van der Waals surface area (Å²) in [5.41, 5.74) is 1.08. The number of benzene rings is 3. The lowest BCUT2D eigenvalue weighted by Gasteiger charge is -2.31. The van der Waals surface area contributed by atoms with Gasteiger partial charge in [0.15, 0.2) is 0 Å². The Morgan fingerprint density at radius 2 is 0.968 bits per heavy atom. The molecule has 0 aliphatic carbocycles. The minimum Gasteiger partial charge on any atom is -0.378 e. The second-order valence-corrected chi connectivity index (χ2v) is 8.44. The van der Waals surface area contributed by atoms with Crippen LogP contribution in [0.25, 0.3) is 0 Å². The Morgan fingerprint density at radius 3 is 1.26 bits per heavy atom. The quantitative estimate of drug-likeness (QED) is 0.506. The van der Waals surface area contributed by atoms with Gasteiger partial charge in [-0.25, -0.2) is 4.39 Å². The van der Waals surface area contributed by atoms with Crippen LogP contribution in [0.15, 0.2) is 72.8 Å². The van der Waals surface area contributed by atoms with Crippen LogP contribution in [0.3, 0.4) is 0 Å². The first-order chi connectivity index (χ1) is 14.5. The van der Waals surface area contributed by atoms with Crippen molar-refractivity contribution in [3.63, 3.8) is 0 Å². The van der Waals surface area contributed by atoms with E-state index < -0.39 is 21.7 Å². The third kappa shape index (κ3) is 4.98. The summed E-state index contributed by atoms with van der Waals surface area (Å²) >= 11 is 0. The third-order valence-corrected chi connectivity index (χ3v) is 5.46. The van der Waals surface area contributed by atoms with E-state index in [1.165, 1.54) is 24.3 Å². The molecule has 0 unspecified atom stereocenters. The minimum atomic E-state index is -4.84. The molecule has 0 spiro atoms. The van der Waals surface area contributed by atoms with Gasteiger partial charge in [-0.1, -0.05) is 36.4 Å².